The van der Waals surface area contributed by atoms with E-state index in [0.29, 0.717) is 18.5 Å². The Morgan fingerprint density at radius 1 is 1.38 bits per heavy atom. The molecule has 0 aliphatic heterocycles. The third-order valence-electron chi connectivity index (χ3n) is 1.93. The van der Waals surface area contributed by atoms with Crippen molar-refractivity contribution in [1.82, 2.24) is 5.32 Å². The highest BCUT2D eigenvalue weighted by molar-refractivity contribution is 5.31. The zero-order chi connectivity index (χ0) is 12.0. The van der Waals surface area contributed by atoms with Crippen molar-refractivity contribution in [3.8, 4) is 18.1 Å². The van der Waals surface area contributed by atoms with E-state index in [9.17, 15) is 8.78 Å². The first-order valence-corrected chi connectivity index (χ1v) is 4.87. The predicted octanol–water partition coefficient (Wildman–Crippen LogP) is 2.09. The first-order chi connectivity index (χ1) is 7.69. The van der Waals surface area contributed by atoms with E-state index in [4.69, 9.17) is 11.2 Å². The number of benzene rings is 1. The zero-order valence-corrected chi connectivity index (χ0v) is 9.02. The average molecular weight is 225 g/mol. The quantitative estimate of drug-likeness (QED) is 0.612. The molecule has 1 aromatic rings. The van der Waals surface area contributed by atoms with Gasteiger partial charge in [0.05, 0.1) is 6.61 Å². The average Bonchev–Trinajstić information content (AvgIpc) is 2.23. The van der Waals surface area contributed by atoms with Crippen LogP contribution >= 0.6 is 0 Å². The summed E-state index contributed by atoms with van der Waals surface area (Å²) in [6.07, 6.45) is 5.32. The summed E-state index contributed by atoms with van der Waals surface area (Å²) in [6, 6.07) is 2.48. The highest BCUT2D eigenvalue weighted by atomic mass is 19.1. The van der Waals surface area contributed by atoms with Gasteiger partial charge in [0.2, 0.25) is 0 Å². The summed E-state index contributed by atoms with van der Waals surface area (Å²) in [7, 11) is 1.70. The molecule has 1 rings (SSSR count). The summed E-state index contributed by atoms with van der Waals surface area (Å²) >= 11 is 0. The number of terminal acetylenes is 1. The fourth-order valence-corrected chi connectivity index (χ4v) is 1.27. The minimum Gasteiger partial charge on any atom is -0.487 e. The van der Waals surface area contributed by atoms with Crippen molar-refractivity contribution in [1.29, 1.82) is 0 Å². The van der Waals surface area contributed by atoms with Crippen LogP contribution in [-0.4, -0.2) is 13.7 Å². The van der Waals surface area contributed by atoms with Crippen molar-refractivity contribution in [2.75, 3.05) is 13.7 Å². The number of hydrogen-bond donors (Lipinski definition) is 1. The maximum absolute atomic E-state index is 13.4. The SMILES string of the molecule is C#CCCOc1c(F)cc(CNC)cc1F. The smallest absolute Gasteiger partial charge is 0.190 e. The van der Waals surface area contributed by atoms with Crippen LogP contribution in [0.25, 0.3) is 0 Å². The summed E-state index contributed by atoms with van der Waals surface area (Å²) in [5.74, 6) is 0.551. The molecule has 0 fully saturated rings. The van der Waals surface area contributed by atoms with Crippen molar-refractivity contribution < 1.29 is 13.5 Å². The molecule has 1 aromatic carbocycles. The molecule has 0 saturated carbocycles. The molecular weight excluding hydrogens is 212 g/mol. The number of ether oxygens (including phenoxy) is 1. The molecule has 0 bridgehead atoms. The summed E-state index contributed by atoms with van der Waals surface area (Å²) in [5.41, 5.74) is 0.529. The van der Waals surface area contributed by atoms with Crippen LogP contribution in [0.5, 0.6) is 5.75 Å². The Kier molecular flexibility index (Phi) is 4.74. The standard InChI is InChI=1S/C12H13F2NO/c1-3-4-5-16-12-10(13)6-9(8-15-2)7-11(12)14/h1,6-7,15H,4-5,8H2,2H3. The van der Waals surface area contributed by atoms with E-state index in [0.717, 1.165) is 0 Å². The summed E-state index contributed by atoms with van der Waals surface area (Å²) in [5, 5.41) is 2.81. The van der Waals surface area contributed by atoms with Crippen molar-refractivity contribution in [2.45, 2.75) is 13.0 Å². The minimum atomic E-state index is -0.706. The van der Waals surface area contributed by atoms with E-state index in [1.54, 1.807) is 7.05 Å². The van der Waals surface area contributed by atoms with Crippen LogP contribution in [0.1, 0.15) is 12.0 Å². The van der Waals surface area contributed by atoms with E-state index >= 15 is 0 Å². The van der Waals surface area contributed by atoms with E-state index in [1.807, 2.05) is 0 Å². The first-order valence-electron chi connectivity index (χ1n) is 4.87. The molecule has 0 aliphatic carbocycles. The Morgan fingerprint density at radius 3 is 2.50 bits per heavy atom. The minimum absolute atomic E-state index is 0.107. The second-order valence-electron chi connectivity index (χ2n) is 3.22. The van der Waals surface area contributed by atoms with Gasteiger partial charge >= 0.3 is 0 Å². The largest absolute Gasteiger partial charge is 0.487 e. The van der Waals surface area contributed by atoms with Gasteiger partial charge in [0.25, 0.3) is 0 Å². The molecule has 1 N–H and O–H groups in total. The number of halogens is 2. The van der Waals surface area contributed by atoms with Crippen LogP contribution in [0.4, 0.5) is 8.78 Å². The van der Waals surface area contributed by atoms with Gasteiger partial charge in [0.1, 0.15) is 0 Å². The normalized spacial score (nSPS) is 9.88. The lowest BCUT2D eigenvalue weighted by Crippen LogP contribution is -2.07. The molecular formula is C12H13F2NO. The molecule has 0 unspecified atom stereocenters. The van der Waals surface area contributed by atoms with Crippen LogP contribution in [0.3, 0.4) is 0 Å². The molecule has 0 heterocycles. The van der Waals surface area contributed by atoms with Gasteiger partial charge in [-0.3, -0.25) is 0 Å². The number of rotatable bonds is 5. The van der Waals surface area contributed by atoms with Crippen LogP contribution in [0.2, 0.25) is 0 Å². The molecule has 0 aliphatic rings. The third kappa shape index (κ3) is 3.21. The number of hydrogen-bond acceptors (Lipinski definition) is 2. The molecule has 0 atom stereocenters. The van der Waals surface area contributed by atoms with Crippen LogP contribution < -0.4 is 10.1 Å². The maximum Gasteiger partial charge on any atom is 0.190 e. The van der Waals surface area contributed by atoms with Crippen LogP contribution in [0, 0.1) is 24.0 Å². The molecule has 0 spiro atoms. The fraction of sp³-hybridized carbons (Fsp3) is 0.333. The summed E-state index contributed by atoms with van der Waals surface area (Å²) in [4.78, 5) is 0. The number of nitrogens with one attached hydrogen (secondary N) is 1. The Balaban J connectivity index is 2.81. The van der Waals surface area contributed by atoms with Crippen LogP contribution in [-0.2, 0) is 6.54 Å². The van der Waals surface area contributed by atoms with E-state index in [2.05, 4.69) is 11.2 Å². The van der Waals surface area contributed by atoms with Crippen molar-refractivity contribution in [2.24, 2.45) is 0 Å². The van der Waals surface area contributed by atoms with Gasteiger partial charge in [0, 0.05) is 13.0 Å². The highest BCUT2D eigenvalue weighted by Gasteiger charge is 2.12. The van der Waals surface area contributed by atoms with Crippen molar-refractivity contribution >= 4 is 0 Å². The molecule has 0 amide bonds. The van der Waals surface area contributed by atoms with E-state index in [1.165, 1.54) is 12.1 Å². The Bertz CT molecular complexity index is 375. The molecule has 0 saturated heterocycles. The molecule has 4 heteroatoms. The second-order valence-corrected chi connectivity index (χ2v) is 3.22. The Morgan fingerprint density at radius 2 is 2.00 bits per heavy atom. The Labute approximate surface area is 93.6 Å². The lowest BCUT2D eigenvalue weighted by atomic mass is 10.2. The van der Waals surface area contributed by atoms with Crippen molar-refractivity contribution in [3.05, 3.63) is 29.3 Å². The molecule has 16 heavy (non-hydrogen) atoms. The van der Waals surface area contributed by atoms with Crippen LogP contribution in [0.15, 0.2) is 12.1 Å². The Hall–Kier alpha value is -1.60. The van der Waals surface area contributed by atoms with E-state index < -0.39 is 11.6 Å². The summed E-state index contributed by atoms with van der Waals surface area (Å²) < 4.78 is 31.8. The lowest BCUT2D eigenvalue weighted by molar-refractivity contribution is 0.292. The predicted molar refractivity (Wildman–Crippen MR) is 58.1 cm³/mol. The monoisotopic (exact) mass is 225 g/mol. The maximum atomic E-state index is 13.4. The van der Waals surface area contributed by atoms with Gasteiger partial charge in [-0.2, -0.15) is 0 Å². The molecule has 0 radical (unpaired) electrons. The fourth-order valence-electron chi connectivity index (χ4n) is 1.27. The second kappa shape index (κ2) is 6.09. The van der Waals surface area contributed by atoms with Gasteiger partial charge < -0.3 is 10.1 Å². The molecule has 0 aromatic heterocycles. The van der Waals surface area contributed by atoms with Crippen molar-refractivity contribution in [3.63, 3.8) is 0 Å². The third-order valence-corrected chi connectivity index (χ3v) is 1.93. The van der Waals surface area contributed by atoms with Gasteiger partial charge in [-0.1, -0.05) is 0 Å². The highest BCUT2D eigenvalue weighted by Crippen LogP contribution is 2.23. The topological polar surface area (TPSA) is 21.3 Å². The van der Waals surface area contributed by atoms with Gasteiger partial charge in [-0.15, -0.1) is 12.3 Å². The summed E-state index contributed by atoms with van der Waals surface area (Å²) in [6.45, 7) is 0.508. The van der Waals surface area contributed by atoms with Gasteiger partial charge in [-0.25, -0.2) is 8.78 Å². The molecule has 2 nitrogen and oxygen atoms in total. The van der Waals surface area contributed by atoms with Gasteiger partial charge in [-0.05, 0) is 24.7 Å². The van der Waals surface area contributed by atoms with Gasteiger partial charge in [0.15, 0.2) is 17.4 Å². The lowest BCUT2D eigenvalue weighted by Gasteiger charge is -2.08. The zero-order valence-electron chi connectivity index (χ0n) is 9.02. The first kappa shape index (κ1) is 12.5. The molecule has 86 valence electrons. The van der Waals surface area contributed by atoms with E-state index in [-0.39, 0.29) is 12.4 Å².